The maximum absolute atomic E-state index is 12.7. The number of benzene rings is 4. The van der Waals surface area contributed by atoms with Gasteiger partial charge in [-0.05, 0) is 83.4 Å². The molecule has 0 saturated heterocycles. The van der Waals surface area contributed by atoms with E-state index in [9.17, 15) is 10.1 Å². The fourth-order valence-corrected chi connectivity index (χ4v) is 3.83. The van der Waals surface area contributed by atoms with Gasteiger partial charge in [0, 0.05) is 15.2 Å². The minimum Gasteiger partial charge on any atom is -0.489 e. The molecule has 0 aromatic heterocycles. The summed E-state index contributed by atoms with van der Waals surface area (Å²) < 4.78 is 12.6. The van der Waals surface area contributed by atoms with Gasteiger partial charge in [-0.25, -0.2) is 0 Å². The smallest absolute Gasteiger partial charge is 0.266 e. The number of hydrogen-bond acceptors (Lipinski definition) is 4. The summed E-state index contributed by atoms with van der Waals surface area (Å²) in [5.41, 5.74) is 3.27. The van der Waals surface area contributed by atoms with Crippen LogP contribution in [0.3, 0.4) is 0 Å². The van der Waals surface area contributed by atoms with Crippen LogP contribution in [0.25, 0.3) is 6.08 Å². The highest BCUT2D eigenvalue weighted by molar-refractivity contribution is 9.10. The Morgan fingerprint density at radius 1 is 0.865 bits per heavy atom. The van der Waals surface area contributed by atoms with E-state index < -0.39 is 5.91 Å². The van der Waals surface area contributed by atoms with Crippen LogP contribution in [-0.4, -0.2) is 5.91 Å². The lowest BCUT2D eigenvalue weighted by Crippen LogP contribution is -2.13. The molecule has 0 heterocycles. The number of carbonyl (C=O) groups excluding carboxylic acids is 1. The Kier molecular flexibility index (Phi) is 8.98. The summed E-state index contributed by atoms with van der Waals surface area (Å²) in [5, 5.41) is 12.9. The van der Waals surface area contributed by atoms with Gasteiger partial charge >= 0.3 is 0 Å². The Balaban J connectivity index is 1.31. The molecule has 0 unspecified atom stereocenters. The lowest BCUT2D eigenvalue weighted by molar-refractivity contribution is -0.112. The topological polar surface area (TPSA) is 71.3 Å². The zero-order valence-corrected chi connectivity index (χ0v) is 22.0. The molecule has 7 heteroatoms. The van der Waals surface area contributed by atoms with E-state index in [-0.39, 0.29) is 5.57 Å². The summed E-state index contributed by atoms with van der Waals surface area (Å²) in [7, 11) is 0. The van der Waals surface area contributed by atoms with Crippen LogP contribution in [0.1, 0.15) is 16.7 Å². The quantitative estimate of drug-likeness (QED) is 0.164. The minimum absolute atomic E-state index is 0.0110. The monoisotopic (exact) mass is 572 g/mol. The number of nitrogens with zero attached hydrogens (tertiary/aromatic N) is 1. The molecule has 1 N–H and O–H groups in total. The Labute approximate surface area is 229 Å². The molecule has 0 spiro atoms. The maximum atomic E-state index is 12.7. The van der Waals surface area contributed by atoms with E-state index in [1.54, 1.807) is 48.5 Å². The number of rotatable bonds is 9. The molecule has 0 fully saturated rings. The van der Waals surface area contributed by atoms with Gasteiger partial charge < -0.3 is 14.8 Å². The zero-order chi connectivity index (χ0) is 26.0. The molecule has 4 rings (SSSR count). The summed E-state index contributed by atoms with van der Waals surface area (Å²) in [4.78, 5) is 12.7. The van der Waals surface area contributed by atoms with Crippen LogP contribution in [0.2, 0.25) is 5.02 Å². The summed E-state index contributed by atoms with van der Waals surface area (Å²) in [6.45, 7) is 0.820. The zero-order valence-electron chi connectivity index (χ0n) is 19.7. The van der Waals surface area contributed by atoms with Gasteiger partial charge in [-0.15, -0.1) is 0 Å². The highest BCUT2D eigenvalue weighted by atomic mass is 79.9. The lowest BCUT2D eigenvalue weighted by Gasteiger charge is -2.09. The SMILES string of the molecule is N#C/C(=C\c1ccc(OCc2cccc(Cl)c2)cc1)C(=O)Nc1ccc(OCc2ccc(Br)cc2)cc1. The van der Waals surface area contributed by atoms with Crippen molar-refractivity contribution in [1.29, 1.82) is 5.26 Å². The Morgan fingerprint density at radius 2 is 1.49 bits per heavy atom. The van der Waals surface area contributed by atoms with E-state index in [4.69, 9.17) is 21.1 Å². The van der Waals surface area contributed by atoms with Crippen LogP contribution in [0.15, 0.2) is 107 Å². The Hall–Kier alpha value is -4.05. The first kappa shape index (κ1) is 26.0. The van der Waals surface area contributed by atoms with Crippen molar-refractivity contribution in [3.63, 3.8) is 0 Å². The second-order valence-corrected chi connectivity index (χ2v) is 9.40. The molecule has 0 bridgehead atoms. The van der Waals surface area contributed by atoms with Crippen molar-refractivity contribution in [1.82, 2.24) is 0 Å². The fourth-order valence-electron chi connectivity index (χ4n) is 3.35. The van der Waals surface area contributed by atoms with E-state index in [2.05, 4.69) is 21.2 Å². The first-order chi connectivity index (χ1) is 18.0. The van der Waals surface area contributed by atoms with Gasteiger partial charge in [-0.1, -0.05) is 63.9 Å². The lowest BCUT2D eigenvalue weighted by atomic mass is 10.1. The average Bonchev–Trinajstić information content (AvgIpc) is 2.91. The number of halogens is 2. The van der Waals surface area contributed by atoms with Crippen molar-refractivity contribution in [3.05, 3.63) is 129 Å². The number of nitriles is 1. The van der Waals surface area contributed by atoms with Crippen molar-refractivity contribution in [3.8, 4) is 17.6 Å². The van der Waals surface area contributed by atoms with E-state index in [1.807, 2.05) is 54.6 Å². The highest BCUT2D eigenvalue weighted by Crippen LogP contribution is 2.20. The van der Waals surface area contributed by atoms with Crippen molar-refractivity contribution in [2.45, 2.75) is 13.2 Å². The molecule has 4 aromatic rings. The van der Waals surface area contributed by atoms with Gasteiger partial charge in [0.25, 0.3) is 5.91 Å². The van der Waals surface area contributed by atoms with Crippen LogP contribution < -0.4 is 14.8 Å². The van der Waals surface area contributed by atoms with E-state index in [0.29, 0.717) is 41.0 Å². The van der Waals surface area contributed by atoms with Crippen LogP contribution in [-0.2, 0) is 18.0 Å². The first-order valence-corrected chi connectivity index (χ1v) is 12.5. The van der Waals surface area contributed by atoms with E-state index in [1.165, 1.54) is 6.08 Å². The second kappa shape index (κ2) is 12.8. The highest BCUT2D eigenvalue weighted by Gasteiger charge is 2.10. The number of amides is 1. The normalized spacial score (nSPS) is 10.9. The summed E-state index contributed by atoms with van der Waals surface area (Å²) in [6.07, 6.45) is 1.53. The standard InChI is InChI=1S/C30H22BrClN2O3/c31-25-8-4-22(5-9-25)19-36-29-14-10-27(11-15-29)34-30(35)24(18-33)16-21-6-12-28(13-7-21)37-20-23-2-1-3-26(32)17-23/h1-17H,19-20H2,(H,34,35)/b24-16+. The molecule has 1 amide bonds. The van der Waals surface area contributed by atoms with Gasteiger partial charge in [0.05, 0.1) is 0 Å². The third-order valence-electron chi connectivity index (χ3n) is 5.28. The van der Waals surface area contributed by atoms with Gasteiger partial charge in [-0.3, -0.25) is 4.79 Å². The molecule has 0 saturated carbocycles. The largest absolute Gasteiger partial charge is 0.489 e. The molecular weight excluding hydrogens is 552 g/mol. The van der Waals surface area contributed by atoms with Crippen LogP contribution in [0.5, 0.6) is 11.5 Å². The maximum Gasteiger partial charge on any atom is 0.266 e. The summed E-state index contributed by atoms with van der Waals surface area (Å²) >= 11 is 9.42. The van der Waals surface area contributed by atoms with E-state index in [0.717, 1.165) is 15.6 Å². The van der Waals surface area contributed by atoms with Gasteiger partial charge in [0.1, 0.15) is 36.4 Å². The fraction of sp³-hybridized carbons (Fsp3) is 0.0667. The van der Waals surface area contributed by atoms with Crippen molar-refractivity contribution < 1.29 is 14.3 Å². The number of ether oxygens (including phenoxy) is 2. The number of carbonyl (C=O) groups is 1. The predicted octanol–water partition coefficient (Wildman–Crippen LogP) is 7.81. The predicted molar refractivity (Wildman–Crippen MR) is 149 cm³/mol. The summed E-state index contributed by atoms with van der Waals surface area (Å²) in [6, 6.07) is 31.5. The molecule has 37 heavy (non-hydrogen) atoms. The Morgan fingerprint density at radius 3 is 2.11 bits per heavy atom. The molecule has 4 aromatic carbocycles. The van der Waals surface area contributed by atoms with Crippen LogP contribution in [0, 0.1) is 11.3 Å². The van der Waals surface area contributed by atoms with Crippen molar-refractivity contribution in [2.75, 3.05) is 5.32 Å². The molecular formula is C30H22BrClN2O3. The molecule has 0 aliphatic heterocycles. The molecule has 0 atom stereocenters. The summed E-state index contributed by atoms with van der Waals surface area (Å²) in [5.74, 6) is 0.851. The van der Waals surface area contributed by atoms with Crippen molar-refractivity contribution in [2.24, 2.45) is 0 Å². The third-order valence-corrected chi connectivity index (χ3v) is 6.05. The van der Waals surface area contributed by atoms with Gasteiger partial charge in [0.15, 0.2) is 0 Å². The van der Waals surface area contributed by atoms with E-state index >= 15 is 0 Å². The third kappa shape index (κ3) is 7.97. The minimum atomic E-state index is -0.493. The average molecular weight is 574 g/mol. The molecule has 5 nitrogen and oxygen atoms in total. The number of hydrogen-bond donors (Lipinski definition) is 1. The van der Waals surface area contributed by atoms with Crippen LogP contribution in [0.4, 0.5) is 5.69 Å². The Bertz CT molecular complexity index is 1430. The number of nitrogens with one attached hydrogen (secondary N) is 1. The van der Waals surface area contributed by atoms with Crippen LogP contribution >= 0.6 is 27.5 Å². The number of anilines is 1. The van der Waals surface area contributed by atoms with Gasteiger partial charge in [-0.2, -0.15) is 5.26 Å². The molecule has 184 valence electrons. The molecule has 0 aliphatic carbocycles. The second-order valence-electron chi connectivity index (χ2n) is 8.05. The van der Waals surface area contributed by atoms with Gasteiger partial charge in [0.2, 0.25) is 0 Å². The molecule has 0 aliphatic rings. The first-order valence-electron chi connectivity index (χ1n) is 11.4. The molecule has 0 radical (unpaired) electrons. The van der Waals surface area contributed by atoms with Crippen molar-refractivity contribution >= 4 is 45.2 Å².